The zero-order valence-electron chi connectivity index (χ0n) is 11.0. The Bertz CT molecular complexity index is 467. The Morgan fingerprint density at radius 1 is 1.47 bits per heavy atom. The number of aliphatic carboxylic acids is 1. The van der Waals surface area contributed by atoms with Gasteiger partial charge in [-0.1, -0.05) is 19.1 Å². The van der Waals surface area contributed by atoms with Crippen LogP contribution in [0.1, 0.15) is 32.5 Å². The van der Waals surface area contributed by atoms with Gasteiger partial charge in [-0.25, -0.2) is 0 Å². The molecule has 0 aromatic carbocycles. The Morgan fingerprint density at radius 2 is 2.16 bits per heavy atom. The third-order valence-electron chi connectivity index (χ3n) is 3.16. The Kier molecular flexibility index (Phi) is 3.50. The molecule has 19 heavy (non-hydrogen) atoms. The van der Waals surface area contributed by atoms with Crippen LogP contribution in [0.4, 0.5) is 0 Å². The molecule has 8 heteroatoms. The average Bonchev–Trinajstić information content (AvgIpc) is 3.00. The fourth-order valence-electron chi connectivity index (χ4n) is 2.03. The predicted molar refractivity (Wildman–Crippen MR) is 63.7 cm³/mol. The second kappa shape index (κ2) is 4.94. The summed E-state index contributed by atoms with van der Waals surface area (Å²) in [5.41, 5.74) is -1.22. The molecule has 0 bridgehead atoms. The Labute approximate surface area is 110 Å². The van der Waals surface area contributed by atoms with Gasteiger partial charge < -0.3 is 10.0 Å². The lowest BCUT2D eigenvalue weighted by Crippen LogP contribution is -2.42. The van der Waals surface area contributed by atoms with Crippen molar-refractivity contribution in [3.05, 3.63) is 5.82 Å². The molecule has 0 atom stereocenters. The lowest BCUT2D eigenvalue weighted by Gasteiger charge is -2.26. The number of aromatic amines is 1. The van der Waals surface area contributed by atoms with Gasteiger partial charge in [0.25, 0.3) is 0 Å². The second-order valence-electron chi connectivity index (χ2n) is 5.29. The van der Waals surface area contributed by atoms with Crippen LogP contribution in [-0.2, 0) is 16.1 Å². The van der Waals surface area contributed by atoms with Crippen LogP contribution in [0.15, 0.2) is 0 Å². The summed E-state index contributed by atoms with van der Waals surface area (Å²) in [7, 11) is 0. The van der Waals surface area contributed by atoms with Crippen molar-refractivity contribution in [1.29, 1.82) is 0 Å². The van der Waals surface area contributed by atoms with Crippen LogP contribution in [0.3, 0.4) is 0 Å². The minimum atomic E-state index is -1.22. The molecule has 8 nitrogen and oxygen atoms in total. The van der Waals surface area contributed by atoms with Gasteiger partial charge in [-0.2, -0.15) is 5.21 Å². The van der Waals surface area contributed by atoms with Crippen LogP contribution in [0.5, 0.6) is 0 Å². The van der Waals surface area contributed by atoms with E-state index in [9.17, 15) is 14.7 Å². The Balaban J connectivity index is 2.13. The minimum Gasteiger partial charge on any atom is -0.480 e. The average molecular weight is 267 g/mol. The quantitative estimate of drug-likeness (QED) is 0.704. The molecule has 104 valence electrons. The van der Waals surface area contributed by atoms with Crippen LogP contribution in [-0.4, -0.2) is 49.1 Å². The van der Waals surface area contributed by atoms with Crippen molar-refractivity contribution < 1.29 is 14.7 Å². The van der Waals surface area contributed by atoms with Gasteiger partial charge in [-0.15, -0.1) is 10.2 Å². The number of hydrogen-bond acceptors (Lipinski definition) is 5. The summed E-state index contributed by atoms with van der Waals surface area (Å²) >= 11 is 0. The molecule has 1 fully saturated rings. The molecule has 1 aromatic heterocycles. The fraction of sp³-hybridized carbons (Fsp3) is 0.727. The number of aromatic nitrogens is 4. The molecule has 1 aromatic rings. The van der Waals surface area contributed by atoms with Gasteiger partial charge in [0, 0.05) is 6.54 Å². The van der Waals surface area contributed by atoms with Gasteiger partial charge in [0.05, 0.1) is 6.54 Å². The molecular weight excluding hydrogens is 250 g/mol. The predicted octanol–water partition coefficient (Wildman–Crippen LogP) is 0.0491. The summed E-state index contributed by atoms with van der Waals surface area (Å²) in [6.45, 7) is 4.60. The van der Waals surface area contributed by atoms with Crippen LogP contribution < -0.4 is 0 Å². The normalized spacial score (nSPS) is 16.4. The zero-order valence-corrected chi connectivity index (χ0v) is 11.0. The SMILES string of the molecule is CC(C)CN(Cc1nn[nH]n1)C(=O)C1(C(=O)O)CC1. The highest BCUT2D eigenvalue weighted by Crippen LogP contribution is 2.47. The van der Waals surface area contributed by atoms with Crippen LogP contribution in [0.2, 0.25) is 0 Å². The van der Waals surface area contributed by atoms with E-state index in [0.29, 0.717) is 25.2 Å². The molecule has 2 N–H and O–H groups in total. The molecule has 0 spiro atoms. The van der Waals surface area contributed by atoms with Gasteiger partial charge in [-0.3, -0.25) is 9.59 Å². The molecule has 2 rings (SSSR count). The highest BCUT2D eigenvalue weighted by atomic mass is 16.4. The molecule has 1 aliphatic rings. The number of amides is 1. The van der Waals surface area contributed by atoms with Crippen LogP contribution in [0.25, 0.3) is 0 Å². The monoisotopic (exact) mass is 267 g/mol. The number of nitrogens with one attached hydrogen (secondary N) is 1. The summed E-state index contributed by atoms with van der Waals surface area (Å²) in [6, 6.07) is 0. The van der Waals surface area contributed by atoms with E-state index in [1.54, 1.807) is 0 Å². The van der Waals surface area contributed by atoms with E-state index in [2.05, 4.69) is 20.6 Å². The molecule has 0 radical (unpaired) electrons. The molecular formula is C11H17N5O3. The summed E-state index contributed by atoms with van der Waals surface area (Å²) in [5, 5.41) is 22.6. The lowest BCUT2D eigenvalue weighted by molar-refractivity contribution is -0.154. The molecule has 1 heterocycles. The Morgan fingerprint density at radius 3 is 2.58 bits per heavy atom. The number of hydrogen-bond donors (Lipinski definition) is 2. The van der Waals surface area contributed by atoms with Gasteiger partial charge in [0.15, 0.2) is 5.82 Å². The Hall–Kier alpha value is -1.99. The first-order chi connectivity index (χ1) is 8.95. The molecule has 0 aliphatic heterocycles. The van der Waals surface area contributed by atoms with Crippen molar-refractivity contribution in [3.8, 4) is 0 Å². The minimum absolute atomic E-state index is 0.183. The van der Waals surface area contributed by atoms with Crippen LogP contribution in [0, 0.1) is 11.3 Å². The summed E-state index contributed by atoms with van der Waals surface area (Å²) in [6.07, 6.45) is 0.810. The fourth-order valence-corrected chi connectivity index (χ4v) is 2.03. The molecule has 0 saturated heterocycles. The first-order valence-corrected chi connectivity index (χ1v) is 6.21. The number of tetrazole rings is 1. The van der Waals surface area contributed by atoms with Gasteiger partial charge in [-0.05, 0) is 18.8 Å². The molecule has 1 aliphatic carbocycles. The summed E-state index contributed by atoms with van der Waals surface area (Å²) in [5.74, 6) is -0.770. The molecule has 1 saturated carbocycles. The van der Waals surface area contributed by atoms with Crippen molar-refractivity contribution in [3.63, 3.8) is 0 Å². The highest BCUT2D eigenvalue weighted by Gasteiger charge is 2.58. The largest absolute Gasteiger partial charge is 0.480 e. The van der Waals surface area contributed by atoms with E-state index >= 15 is 0 Å². The van der Waals surface area contributed by atoms with E-state index in [-0.39, 0.29) is 18.4 Å². The van der Waals surface area contributed by atoms with E-state index < -0.39 is 11.4 Å². The van der Waals surface area contributed by atoms with Crippen molar-refractivity contribution in [2.75, 3.05) is 6.54 Å². The maximum absolute atomic E-state index is 12.4. The summed E-state index contributed by atoms with van der Waals surface area (Å²) < 4.78 is 0. The maximum atomic E-state index is 12.4. The van der Waals surface area contributed by atoms with Crippen molar-refractivity contribution >= 4 is 11.9 Å². The molecule has 0 unspecified atom stereocenters. The smallest absolute Gasteiger partial charge is 0.319 e. The number of carbonyl (C=O) groups is 2. The highest BCUT2D eigenvalue weighted by molar-refractivity contribution is 6.04. The summed E-state index contributed by atoms with van der Waals surface area (Å²) in [4.78, 5) is 25.1. The number of carboxylic acids is 1. The second-order valence-corrected chi connectivity index (χ2v) is 5.29. The first kappa shape index (κ1) is 13.4. The lowest BCUT2D eigenvalue weighted by atomic mass is 10.0. The topological polar surface area (TPSA) is 112 Å². The van der Waals surface area contributed by atoms with E-state index in [1.807, 2.05) is 13.8 Å². The first-order valence-electron chi connectivity index (χ1n) is 6.21. The number of rotatable bonds is 6. The third kappa shape index (κ3) is 2.72. The number of H-pyrrole nitrogens is 1. The van der Waals surface area contributed by atoms with E-state index in [4.69, 9.17) is 0 Å². The number of carboxylic acid groups (broad SMARTS) is 1. The number of nitrogens with zero attached hydrogens (tertiary/aromatic N) is 4. The maximum Gasteiger partial charge on any atom is 0.319 e. The third-order valence-corrected chi connectivity index (χ3v) is 3.16. The standard InChI is InChI=1S/C11H17N5O3/c1-7(2)5-16(6-8-12-14-15-13-8)9(17)11(3-4-11)10(18)19/h7H,3-6H2,1-2H3,(H,18,19)(H,12,13,14,15). The van der Waals surface area contributed by atoms with Crippen molar-refractivity contribution in [2.24, 2.45) is 11.3 Å². The van der Waals surface area contributed by atoms with E-state index in [0.717, 1.165) is 0 Å². The molecule has 1 amide bonds. The zero-order chi connectivity index (χ0) is 14.0. The van der Waals surface area contributed by atoms with Crippen molar-refractivity contribution in [1.82, 2.24) is 25.5 Å². The van der Waals surface area contributed by atoms with Gasteiger partial charge >= 0.3 is 5.97 Å². The van der Waals surface area contributed by atoms with E-state index in [1.165, 1.54) is 4.90 Å². The van der Waals surface area contributed by atoms with Gasteiger partial charge in [0.2, 0.25) is 5.91 Å². The number of carbonyl (C=O) groups excluding carboxylic acids is 1. The van der Waals surface area contributed by atoms with Crippen molar-refractivity contribution in [2.45, 2.75) is 33.2 Å². The van der Waals surface area contributed by atoms with Gasteiger partial charge in [0.1, 0.15) is 5.41 Å². The van der Waals surface area contributed by atoms with Crippen LogP contribution >= 0.6 is 0 Å².